The third-order valence-electron chi connectivity index (χ3n) is 2.37. The monoisotopic (exact) mass is 270 g/mol. The van der Waals surface area contributed by atoms with E-state index in [2.05, 4.69) is 22.0 Å². The molecule has 0 aromatic rings. The van der Waals surface area contributed by atoms with Crippen LogP contribution in [0.3, 0.4) is 0 Å². The third-order valence-corrected chi connectivity index (χ3v) is 4.47. The molecule has 0 bridgehead atoms. The molecule has 0 amide bonds. The van der Waals surface area contributed by atoms with Gasteiger partial charge in [-0.1, -0.05) is 60.4 Å². The van der Waals surface area contributed by atoms with Gasteiger partial charge in [0.1, 0.15) is 0 Å². The van der Waals surface area contributed by atoms with Gasteiger partial charge in [-0.15, -0.1) is 0 Å². The van der Waals surface area contributed by atoms with Gasteiger partial charge < -0.3 is 0 Å². The van der Waals surface area contributed by atoms with Crippen LogP contribution in [0.4, 0.5) is 0 Å². The van der Waals surface area contributed by atoms with E-state index in [1.807, 2.05) is 0 Å². The zero-order valence-corrected chi connectivity index (χ0v) is 9.56. The minimum absolute atomic E-state index is 1.11. The second-order valence-corrected chi connectivity index (χ2v) is 6.23. The lowest BCUT2D eigenvalue weighted by atomic mass is 9.88. The van der Waals surface area contributed by atoms with Gasteiger partial charge >= 0.3 is 0 Å². The Kier molecular flexibility index (Phi) is 5.33. The fraction of sp³-hybridized carbons (Fsp3) is 1.00. The van der Waals surface area contributed by atoms with Crippen molar-refractivity contribution < 1.29 is 0 Å². The van der Waals surface area contributed by atoms with E-state index in [0.717, 1.165) is 12.1 Å². The van der Waals surface area contributed by atoms with Gasteiger partial charge in [-0.2, -0.15) is 0 Å². The fourth-order valence-electron chi connectivity index (χ4n) is 1.73. The normalized spacial score (nSPS) is 22.5. The standard InChI is InChI=1S/C8H16IP/c9-10-7-6-8-4-2-1-3-5-8/h8,10H,1-7H2. The van der Waals surface area contributed by atoms with Crippen LogP contribution in [0.1, 0.15) is 38.5 Å². The van der Waals surface area contributed by atoms with Crippen molar-refractivity contribution >= 4 is 28.3 Å². The molecule has 0 aromatic heterocycles. The fourth-order valence-corrected chi connectivity index (χ4v) is 3.19. The molecule has 0 radical (unpaired) electrons. The van der Waals surface area contributed by atoms with E-state index >= 15 is 0 Å². The summed E-state index contributed by atoms with van der Waals surface area (Å²) < 4.78 is 0. The van der Waals surface area contributed by atoms with Gasteiger partial charge in [0.25, 0.3) is 0 Å². The lowest BCUT2D eigenvalue weighted by Gasteiger charge is -2.20. The molecule has 0 nitrogen and oxygen atoms in total. The predicted octanol–water partition coefficient (Wildman–Crippen LogP) is 3.99. The number of halogens is 1. The molecule has 0 aromatic carbocycles. The summed E-state index contributed by atoms with van der Waals surface area (Å²) in [4.78, 5) is 0. The van der Waals surface area contributed by atoms with Crippen LogP contribution in [0.2, 0.25) is 0 Å². The molecule has 60 valence electrons. The Morgan fingerprint density at radius 3 is 2.50 bits per heavy atom. The molecule has 2 heteroatoms. The quantitative estimate of drug-likeness (QED) is 0.537. The van der Waals surface area contributed by atoms with Crippen molar-refractivity contribution in [2.45, 2.75) is 38.5 Å². The van der Waals surface area contributed by atoms with Crippen molar-refractivity contribution in [2.24, 2.45) is 5.92 Å². The molecule has 1 unspecified atom stereocenters. The van der Waals surface area contributed by atoms with Gasteiger partial charge in [0.2, 0.25) is 0 Å². The Balaban J connectivity index is 2.02. The SMILES string of the molecule is IPCCC1CCCCC1. The maximum Gasteiger partial charge on any atom is -0.0260 e. The van der Waals surface area contributed by atoms with E-state index in [1.54, 1.807) is 0 Å². The van der Waals surface area contributed by atoms with Gasteiger partial charge in [0, 0.05) is 0 Å². The summed E-state index contributed by atoms with van der Waals surface area (Å²) in [5.41, 5.74) is 0. The first-order valence-corrected chi connectivity index (χ1v) is 8.59. The summed E-state index contributed by atoms with van der Waals surface area (Å²) in [6, 6.07) is 0. The third kappa shape index (κ3) is 3.52. The van der Waals surface area contributed by atoms with Gasteiger partial charge in [-0.05, 0) is 18.5 Å². The topological polar surface area (TPSA) is 0 Å². The number of hydrogen-bond acceptors (Lipinski definition) is 0. The first-order chi connectivity index (χ1) is 4.93. The van der Waals surface area contributed by atoms with Crippen LogP contribution >= 0.6 is 28.3 Å². The highest BCUT2D eigenvalue weighted by Crippen LogP contribution is 2.30. The predicted molar refractivity (Wildman–Crippen MR) is 58.4 cm³/mol. The van der Waals surface area contributed by atoms with E-state index in [9.17, 15) is 0 Å². The first-order valence-electron chi connectivity index (χ1n) is 4.27. The molecule has 0 saturated heterocycles. The van der Waals surface area contributed by atoms with Gasteiger partial charge in [0.15, 0.2) is 0 Å². The minimum Gasteiger partial charge on any atom is -0.0572 e. The first kappa shape index (κ1) is 9.25. The van der Waals surface area contributed by atoms with E-state index in [0.29, 0.717) is 0 Å². The number of hydrogen-bond donors (Lipinski definition) is 0. The second kappa shape index (κ2) is 5.77. The van der Waals surface area contributed by atoms with Crippen LogP contribution in [-0.4, -0.2) is 6.16 Å². The molecule has 1 atom stereocenters. The van der Waals surface area contributed by atoms with Crippen LogP contribution in [0, 0.1) is 5.92 Å². The van der Waals surface area contributed by atoms with Crippen molar-refractivity contribution in [3.05, 3.63) is 0 Å². The highest BCUT2D eigenvalue weighted by atomic mass is 127. The van der Waals surface area contributed by atoms with E-state index in [4.69, 9.17) is 0 Å². The lowest BCUT2D eigenvalue weighted by molar-refractivity contribution is 0.351. The molecule has 1 fully saturated rings. The molecule has 0 N–H and O–H groups in total. The van der Waals surface area contributed by atoms with Crippen LogP contribution in [0.5, 0.6) is 0 Å². The molecule has 1 rings (SSSR count). The van der Waals surface area contributed by atoms with E-state index in [1.165, 1.54) is 44.7 Å². The van der Waals surface area contributed by atoms with Crippen LogP contribution in [-0.2, 0) is 0 Å². The van der Waals surface area contributed by atoms with Crippen LogP contribution in [0.15, 0.2) is 0 Å². The maximum atomic E-state index is 2.51. The Hall–Kier alpha value is 1.16. The van der Waals surface area contributed by atoms with Crippen LogP contribution < -0.4 is 0 Å². The highest BCUT2D eigenvalue weighted by Gasteiger charge is 2.11. The van der Waals surface area contributed by atoms with Crippen LogP contribution in [0.25, 0.3) is 0 Å². The maximum absolute atomic E-state index is 2.51. The Morgan fingerprint density at radius 1 is 1.20 bits per heavy atom. The molecule has 1 saturated carbocycles. The zero-order chi connectivity index (χ0) is 7.23. The Morgan fingerprint density at radius 2 is 1.90 bits per heavy atom. The van der Waals surface area contributed by atoms with Gasteiger partial charge in [-0.3, -0.25) is 0 Å². The van der Waals surface area contributed by atoms with Crippen molar-refractivity contribution in [2.75, 3.05) is 6.16 Å². The summed E-state index contributed by atoms with van der Waals surface area (Å²) in [6.07, 6.45) is 11.7. The van der Waals surface area contributed by atoms with Gasteiger partial charge in [0.05, 0.1) is 0 Å². The molecule has 0 spiro atoms. The Labute approximate surface area is 78.8 Å². The second-order valence-electron chi connectivity index (χ2n) is 3.18. The van der Waals surface area contributed by atoms with Gasteiger partial charge in [-0.25, -0.2) is 0 Å². The number of rotatable bonds is 3. The summed E-state index contributed by atoms with van der Waals surface area (Å²) in [5.74, 6) is 1.11. The summed E-state index contributed by atoms with van der Waals surface area (Å²) >= 11 is 2.51. The zero-order valence-electron chi connectivity index (χ0n) is 6.41. The van der Waals surface area contributed by atoms with Crippen molar-refractivity contribution in [1.82, 2.24) is 0 Å². The largest absolute Gasteiger partial charge is 0.0572 e. The minimum atomic E-state index is 1.11. The average Bonchev–Trinajstić information content (AvgIpc) is 2.03. The molecular formula is C8H16IP. The lowest BCUT2D eigenvalue weighted by Crippen LogP contribution is -2.06. The van der Waals surface area contributed by atoms with Crippen molar-refractivity contribution in [3.63, 3.8) is 0 Å². The van der Waals surface area contributed by atoms with Crippen molar-refractivity contribution in [3.8, 4) is 0 Å². The van der Waals surface area contributed by atoms with Crippen molar-refractivity contribution in [1.29, 1.82) is 0 Å². The average molecular weight is 270 g/mol. The molecule has 10 heavy (non-hydrogen) atoms. The molecule has 1 aliphatic carbocycles. The van der Waals surface area contributed by atoms with E-state index in [-0.39, 0.29) is 0 Å². The summed E-state index contributed by atoms with van der Waals surface area (Å²) in [7, 11) is 0. The van der Waals surface area contributed by atoms with E-state index < -0.39 is 0 Å². The molecular weight excluding hydrogens is 254 g/mol. The highest BCUT2D eigenvalue weighted by molar-refractivity contribution is 14.2. The molecule has 0 aliphatic heterocycles. The molecule has 0 heterocycles. The smallest absolute Gasteiger partial charge is 0.0260 e. The summed E-state index contributed by atoms with van der Waals surface area (Å²) in [5, 5.41) is 0. The molecule has 1 aliphatic rings. The summed E-state index contributed by atoms with van der Waals surface area (Å²) in [6.45, 7) is 0. The Bertz CT molecular complexity index is 79.3.